The second-order valence-electron chi connectivity index (χ2n) is 16.3. The summed E-state index contributed by atoms with van der Waals surface area (Å²) in [6.07, 6.45) is 13.9. The monoisotopic (exact) mass is 727 g/mol. The molecule has 0 aromatic heterocycles. The van der Waals surface area contributed by atoms with Crippen LogP contribution in [0.4, 0.5) is 4.79 Å². The highest BCUT2D eigenvalue weighted by Crippen LogP contribution is 2.65. The SMILES string of the molecule is C.C.C#CCCC(NC(=O)[C@@H]1C2C(CN1C(=O)[C@@H](NC(=O)N[C@H](CN1CCCCC1=O)C(C)(C)C)C1CCCCC1)C2(C)C)C(=O)C(=O)NCC=C. The normalized spacial score (nSPS) is 23.9. The van der Waals surface area contributed by atoms with Crippen LogP contribution in [-0.2, 0) is 24.0 Å². The average Bonchev–Trinajstić information content (AvgIpc) is 3.38. The molecule has 4 aliphatic rings. The zero-order valence-electron chi connectivity index (χ0n) is 30.6. The first-order valence-electron chi connectivity index (χ1n) is 18.4. The van der Waals surface area contributed by atoms with E-state index in [-0.39, 0.29) is 80.7 Å². The van der Waals surface area contributed by atoms with Crippen LogP contribution in [0.15, 0.2) is 12.7 Å². The first-order valence-corrected chi connectivity index (χ1v) is 18.4. The number of piperidine rings is 2. The van der Waals surface area contributed by atoms with Crippen molar-refractivity contribution in [3.8, 4) is 12.3 Å². The molecule has 0 aromatic carbocycles. The molecule has 0 radical (unpaired) electrons. The molecule has 0 spiro atoms. The van der Waals surface area contributed by atoms with E-state index < -0.39 is 41.8 Å². The zero-order valence-corrected chi connectivity index (χ0v) is 30.6. The fourth-order valence-electron chi connectivity index (χ4n) is 8.16. The topological polar surface area (TPSA) is 157 Å². The lowest BCUT2D eigenvalue weighted by atomic mass is 9.83. The number of hydrogen-bond donors (Lipinski definition) is 4. The molecule has 6 amide bonds. The predicted octanol–water partition coefficient (Wildman–Crippen LogP) is 4.19. The quantitative estimate of drug-likeness (QED) is 0.120. The number of rotatable bonds is 14. The van der Waals surface area contributed by atoms with Crippen LogP contribution in [0.25, 0.3) is 0 Å². The Balaban J connectivity index is 0.00000468. The summed E-state index contributed by atoms with van der Waals surface area (Å²) in [6.45, 7) is 15.2. The van der Waals surface area contributed by atoms with Gasteiger partial charge < -0.3 is 31.1 Å². The van der Waals surface area contributed by atoms with Gasteiger partial charge in [0, 0.05) is 39.0 Å². The van der Waals surface area contributed by atoms with Gasteiger partial charge in [0.2, 0.25) is 23.5 Å². The highest BCUT2D eigenvalue weighted by atomic mass is 16.2. The molecule has 2 saturated heterocycles. The Kier molecular flexibility index (Phi) is 16.0. The number of carbonyl (C=O) groups excluding carboxylic acids is 6. The minimum absolute atomic E-state index is 0. The summed E-state index contributed by atoms with van der Waals surface area (Å²) in [5.41, 5.74) is -0.560. The van der Waals surface area contributed by atoms with Gasteiger partial charge in [-0.3, -0.25) is 24.0 Å². The molecule has 4 N–H and O–H groups in total. The molecule has 4 rings (SSSR count). The maximum atomic E-state index is 14.6. The third-order valence-electron chi connectivity index (χ3n) is 11.5. The fraction of sp³-hybridized carbons (Fsp3) is 0.750. The number of carbonyl (C=O) groups is 6. The van der Waals surface area contributed by atoms with Gasteiger partial charge in [-0.05, 0) is 60.7 Å². The molecule has 12 nitrogen and oxygen atoms in total. The number of amides is 6. The lowest BCUT2D eigenvalue weighted by Crippen LogP contribution is -2.62. The highest BCUT2D eigenvalue weighted by molar-refractivity contribution is 6.38. The Morgan fingerprint density at radius 2 is 1.69 bits per heavy atom. The van der Waals surface area contributed by atoms with Crippen molar-refractivity contribution in [2.75, 3.05) is 26.2 Å². The van der Waals surface area contributed by atoms with Gasteiger partial charge in [0.1, 0.15) is 12.1 Å². The molecule has 292 valence electrons. The lowest BCUT2D eigenvalue weighted by Gasteiger charge is -2.39. The number of nitrogens with zero attached hydrogens (tertiary/aromatic N) is 2. The van der Waals surface area contributed by atoms with E-state index in [0.29, 0.717) is 26.1 Å². The Labute approximate surface area is 312 Å². The van der Waals surface area contributed by atoms with Gasteiger partial charge in [0.25, 0.3) is 5.91 Å². The molecule has 2 heterocycles. The van der Waals surface area contributed by atoms with Gasteiger partial charge in [-0.1, -0.05) is 74.8 Å². The minimum atomic E-state index is -1.15. The molecule has 6 atom stereocenters. The van der Waals surface area contributed by atoms with Crippen LogP contribution in [0, 0.1) is 40.9 Å². The van der Waals surface area contributed by atoms with E-state index in [2.05, 4.69) is 47.6 Å². The van der Waals surface area contributed by atoms with Gasteiger partial charge in [-0.2, -0.15) is 0 Å². The third-order valence-corrected chi connectivity index (χ3v) is 11.5. The molecule has 12 heteroatoms. The Hall–Kier alpha value is -3.88. The molecule has 3 unspecified atom stereocenters. The summed E-state index contributed by atoms with van der Waals surface area (Å²) in [4.78, 5) is 84.2. The van der Waals surface area contributed by atoms with Gasteiger partial charge >= 0.3 is 6.03 Å². The van der Waals surface area contributed by atoms with E-state index in [0.717, 1.165) is 44.9 Å². The Morgan fingerprint density at radius 3 is 2.29 bits per heavy atom. The second kappa shape index (κ2) is 18.7. The van der Waals surface area contributed by atoms with Crippen molar-refractivity contribution in [2.45, 2.75) is 138 Å². The van der Waals surface area contributed by atoms with Gasteiger partial charge in [0.15, 0.2) is 0 Å². The van der Waals surface area contributed by atoms with Crippen LogP contribution < -0.4 is 21.3 Å². The number of fused-ring (bicyclic) bond motifs is 1. The van der Waals surface area contributed by atoms with E-state index >= 15 is 0 Å². The lowest BCUT2D eigenvalue weighted by molar-refractivity contribution is -0.144. The van der Waals surface area contributed by atoms with Gasteiger partial charge in [-0.15, -0.1) is 18.9 Å². The van der Waals surface area contributed by atoms with Crippen LogP contribution in [0.5, 0.6) is 0 Å². The largest absolute Gasteiger partial charge is 0.346 e. The van der Waals surface area contributed by atoms with Crippen molar-refractivity contribution >= 4 is 35.4 Å². The van der Waals surface area contributed by atoms with Crippen molar-refractivity contribution in [1.82, 2.24) is 31.1 Å². The number of urea groups is 1. The summed E-state index contributed by atoms with van der Waals surface area (Å²) in [5.74, 6) is -0.0904. The first kappa shape index (κ1) is 44.3. The molecule has 0 aromatic rings. The van der Waals surface area contributed by atoms with Crippen LogP contribution in [0.1, 0.15) is 114 Å². The Morgan fingerprint density at radius 1 is 1.02 bits per heavy atom. The van der Waals surface area contributed by atoms with Crippen LogP contribution in [-0.4, -0.2) is 95.6 Å². The molecule has 0 bridgehead atoms. The Bertz CT molecular complexity index is 1360. The van der Waals surface area contributed by atoms with Gasteiger partial charge in [-0.25, -0.2) is 4.79 Å². The number of nitrogens with one attached hydrogen (secondary N) is 4. The van der Waals surface area contributed by atoms with Crippen molar-refractivity contribution in [1.29, 1.82) is 0 Å². The number of likely N-dealkylation sites (tertiary alicyclic amines) is 2. The molecule has 2 saturated carbocycles. The average molecular weight is 727 g/mol. The molecule has 4 fully saturated rings. The highest BCUT2D eigenvalue weighted by Gasteiger charge is 2.69. The number of ketones is 1. The second-order valence-corrected chi connectivity index (χ2v) is 16.3. The van der Waals surface area contributed by atoms with E-state index in [1.807, 2.05) is 25.7 Å². The molecule has 2 aliphatic carbocycles. The van der Waals surface area contributed by atoms with Crippen LogP contribution in [0.3, 0.4) is 0 Å². The van der Waals surface area contributed by atoms with E-state index in [1.54, 1.807) is 4.90 Å². The molecule has 52 heavy (non-hydrogen) atoms. The summed E-state index contributed by atoms with van der Waals surface area (Å²) in [6, 6.07) is -3.71. The fourth-order valence-corrected chi connectivity index (χ4v) is 8.16. The van der Waals surface area contributed by atoms with Crippen molar-refractivity contribution < 1.29 is 28.8 Å². The molecular formula is C40H66N6O6. The number of hydrogen-bond acceptors (Lipinski definition) is 6. The van der Waals surface area contributed by atoms with Crippen molar-refractivity contribution in [2.24, 2.45) is 28.6 Å². The van der Waals surface area contributed by atoms with E-state index in [1.165, 1.54) is 6.08 Å². The number of terminal acetylenes is 1. The van der Waals surface area contributed by atoms with Crippen LogP contribution >= 0.6 is 0 Å². The summed E-state index contributed by atoms with van der Waals surface area (Å²) in [7, 11) is 0. The minimum Gasteiger partial charge on any atom is -0.346 e. The maximum absolute atomic E-state index is 14.6. The predicted molar refractivity (Wildman–Crippen MR) is 204 cm³/mol. The van der Waals surface area contributed by atoms with Crippen molar-refractivity contribution in [3.63, 3.8) is 0 Å². The third kappa shape index (κ3) is 10.4. The van der Waals surface area contributed by atoms with E-state index in [9.17, 15) is 28.8 Å². The number of Topliss-reactive ketones (excluding diaryl/α,β-unsaturated/α-hetero) is 1. The smallest absolute Gasteiger partial charge is 0.315 e. The van der Waals surface area contributed by atoms with Crippen molar-refractivity contribution in [3.05, 3.63) is 12.7 Å². The molecular weight excluding hydrogens is 660 g/mol. The zero-order chi connectivity index (χ0) is 36.8. The molecule has 2 aliphatic heterocycles. The first-order chi connectivity index (χ1) is 23.6. The van der Waals surface area contributed by atoms with E-state index in [4.69, 9.17) is 6.42 Å². The summed E-state index contributed by atoms with van der Waals surface area (Å²) in [5, 5.41) is 11.4. The maximum Gasteiger partial charge on any atom is 0.315 e. The summed E-state index contributed by atoms with van der Waals surface area (Å²) < 4.78 is 0. The standard InChI is InChI=1S/C38H58N6O6.2CH4/c1-8-10-18-26(32(46)34(48)39-20-9-2)40-33(47)31-29-25(38(29,6)7)22-44(31)35(49)30(24-16-12-11-13-17-24)42-36(50)41-27(37(3,4)5)23-43-21-15-14-19-28(43)45;;/h1,9,24-27,29-31H,2,10-23H2,3-7H3,(H,39,48)(H,40,47)(H2,41,42,50);2*1H4/t25?,26?,27-,29?,30+,31+;;/m1../s1. The van der Waals surface area contributed by atoms with Crippen LogP contribution in [0.2, 0.25) is 0 Å². The summed E-state index contributed by atoms with van der Waals surface area (Å²) >= 11 is 0. The van der Waals surface area contributed by atoms with Gasteiger partial charge in [0.05, 0.1) is 12.1 Å².